The van der Waals surface area contributed by atoms with Gasteiger partial charge in [0.1, 0.15) is 16.5 Å². The number of amides is 1. The van der Waals surface area contributed by atoms with Gasteiger partial charge in [-0.2, -0.15) is 0 Å². The molecule has 1 atom stereocenters. The summed E-state index contributed by atoms with van der Waals surface area (Å²) in [4.78, 5) is 21.7. The van der Waals surface area contributed by atoms with E-state index in [-0.39, 0.29) is 11.8 Å². The zero-order valence-corrected chi connectivity index (χ0v) is 15.5. The molecule has 7 nitrogen and oxygen atoms in total. The molecule has 3 rings (SSSR count). The zero-order chi connectivity index (χ0) is 17.3. The van der Waals surface area contributed by atoms with Gasteiger partial charge in [-0.1, -0.05) is 0 Å². The van der Waals surface area contributed by atoms with Gasteiger partial charge in [0.15, 0.2) is 0 Å². The number of aromatic nitrogens is 4. The smallest absolute Gasteiger partial charge is 0.265 e. The van der Waals surface area contributed by atoms with Crippen molar-refractivity contribution in [2.75, 3.05) is 27.2 Å². The highest BCUT2D eigenvalue weighted by atomic mass is 32.1. The summed E-state index contributed by atoms with van der Waals surface area (Å²) in [6.45, 7) is 4.15. The minimum atomic E-state index is 0.0929. The first-order chi connectivity index (χ1) is 11.5. The van der Waals surface area contributed by atoms with E-state index in [1.54, 1.807) is 5.51 Å². The fourth-order valence-corrected chi connectivity index (χ4v) is 3.94. The Bertz CT molecular complexity index is 722. The number of carbonyl (C=O) groups excluding carboxylic acids is 1. The number of rotatable bonds is 4. The van der Waals surface area contributed by atoms with E-state index in [1.165, 1.54) is 11.3 Å². The van der Waals surface area contributed by atoms with E-state index in [0.717, 1.165) is 48.2 Å². The van der Waals surface area contributed by atoms with Crippen molar-refractivity contribution in [3.05, 3.63) is 27.7 Å². The fraction of sp³-hybridized carbons (Fsp3) is 0.625. The quantitative estimate of drug-likeness (QED) is 0.841. The van der Waals surface area contributed by atoms with Gasteiger partial charge in [0.25, 0.3) is 5.91 Å². The van der Waals surface area contributed by atoms with Crippen molar-refractivity contribution >= 4 is 17.2 Å². The average Bonchev–Trinajstić information content (AvgIpc) is 3.13. The van der Waals surface area contributed by atoms with Crippen LogP contribution in [-0.4, -0.2) is 62.6 Å². The summed E-state index contributed by atoms with van der Waals surface area (Å²) in [7, 11) is 6.06. The monoisotopic (exact) mass is 348 g/mol. The maximum Gasteiger partial charge on any atom is 0.265 e. The van der Waals surface area contributed by atoms with Crippen molar-refractivity contribution in [3.63, 3.8) is 0 Å². The molecule has 1 aliphatic heterocycles. The highest BCUT2D eigenvalue weighted by molar-refractivity contribution is 7.11. The lowest BCUT2D eigenvalue weighted by molar-refractivity contribution is 0.0707. The second-order valence-corrected chi connectivity index (χ2v) is 7.48. The summed E-state index contributed by atoms with van der Waals surface area (Å²) in [6.07, 6.45) is 2.03. The molecule has 130 valence electrons. The molecule has 2 aromatic heterocycles. The van der Waals surface area contributed by atoms with E-state index in [1.807, 2.05) is 33.0 Å². The van der Waals surface area contributed by atoms with Crippen LogP contribution in [0.15, 0.2) is 5.51 Å². The Morgan fingerprint density at radius 2 is 2.21 bits per heavy atom. The molecule has 0 aliphatic carbocycles. The van der Waals surface area contributed by atoms with Crippen molar-refractivity contribution in [3.8, 4) is 0 Å². The van der Waals surface area contributed by atoms with Crippen LogP contribution in [0.2, 0.25) is 0 Å². The molecule has 0 saturated carbocycles. The second-order valence-electron chi connectivity index (χ2n) is 6.63. The van der Waals surface area contributed by atoms with E-state index in [4.69, 9.17) is 0 Å². The third-order valence-electron chi connectivity index (χ3n) is 4.47. The lowest BCUT2D eigenvalue weighted by Gasteiger charge is -2.32. The van der Waals surface area contributed by atoms with Gasteiger partial charge in [0.2, 0.25) is 0 Å². The van der Waals surface area contributed by atoms with Gasteiger partial charge in [0.05, 0.1) is 17.7 Å². The summed E-state index contributed by atoms with van der Waals surface area (Å²) in [5, 5.41) is 8.73. The van der Waals surface area contributed by atoms with Gasteiger partial charge in [-0.05, 0) is 33.9 Å². The highest BCUT2D eigenvalue weighted by Gasteiger charge is 2.30. The molecule has 3 heterocycles. The Labute approximate surface area is 146 Å². The van der Waals surface area contributed by atoms with Gasteiger partial charge in [-0.15, -0.1) is 21.5 Å². The Morgan fingerprint density at radius 1 is 1.42 bits per heavy atom. The topological polar surface area (TPSA) is 67.2 Å². The van der Waals surface area contributed by atoms with Crippen LogP contribution in [0.1, 0.15) is 45.8 Å². The van der Waals surface area contributed by atoms with Gasteiger partial charge in [-0.3, -0.25) is 4.79 Å². The van der Waals surface area contributed by atoms with Crippen molar-refractivity contribution < 1.29 is 4.79 Å². The molecule has 1 aliphatic rings. The molecule has 0 unspecified atom stereocenters. The van der Waals surface area contributed by atoms with Crippen LogP contribution >= 0.6 is 11.3 Å². The highest BCUT2D eigenvalue weighted by Crippen LogP contribution is 2.28. The molecule has 0 N–H and O–H groups in total. The number of thiazole rings is 1. The Hall–Kier alpha value is -1.80. The zero-order valence-electron chi connectivity index (χ0n) is 14.7. The third-order valence-corrected chi connectivity index (χ3v) is 5.39. The van der Waals surface area contributed by atoms with E-state index in [0.29, 0.717) is 6.54 Å². The van der Waals surface area contributed by atoms with E-state index in [2.05, 4.69) is 24.6 Å². The average molecular weight is 348 g/mol. The standard InChI is InChI=1S/C16H24N6OS/c1-11-14(24-10-17-11)16(23)22-7-5-6-12(8-22)15-19-18-13(21(15)4)9-20(2)3/h10,12H,5-9H2,1-4H3/t12-/m1/s1. The predicted molar refractivity (Wildman–Crippen MR) is 93.1 cm³/mol. The first kappa shape index (κ1) is 17.0. The number of aryl methyl sites for hydroxylation is 1. The second kappa shape index (κ2) is 6.98. The van der Waals surface area contributed by atoms with Crippen molar-refractivity contribution in [2.45, 2.75) is 32.2 Å². The SMILES string of the molecule is Cc1ncsc1C(=O)N1CCC[C@@H](c2nnc(CN(C)C)n2C)C1. The number of carbonyl (C=O) groups is 1. The van der Waals surface area contributed by atoms with Crippen LogP contribution in [0.5, 0.6) is 0 Å². The fourth-order valence-electron chi connectivity index (χ4n) is 3.17. The molecule has 1 amide bonds. The number of nitrogens with zero attached hydrogens (tertiary/aromatic N) is 6. The summed E-state index contributed by atoms with van der Waals surface area (Å²) in [5.74, 6) is 2.27. The maximum absolute atomic E-state index is 12.7. The van der Waals surface area contributed by atoms with Gasteiger partial charge < -0.3 is 14.4 Å². The molecule has 1 saturated heterocycles. The molecule has 0 spiro atoms. The van der Waals surface area contributed by atoms with E-state index in [9.17, 15) is 4.79 Å². The summed E-state index contributed by atoms with van der Waals surface area (Å²) in [6, 6.07) is 0. The number of likely N-dealkylation sites (tertiary alicyclic amines) is 1. The van der Waals surface area contributed by atoms with Crippen LogP contribution in [0.25, 0.3) is 0 Å². The predicted octanol–water partition coefficient (Wildman–Crippen LogP) is 1.66. The van der Waals surface area contributed by atoms with Crippen molar-refractivity contribution in [1.29, 1.82) is 0 Å². The Morgan fingerprint density at radius 3 is 2.88 bits per heavy atom. The van der Waals surface area contributed by atoms with Gasteiger partial charge in [0, 0.05) is 26.1 Å². The van der Waals surface area contributed by atoms with Gasteiger partial charge >= 0.3 is 0 Å². The molecular formula is C16H24N6OS. The summed E-state index contributed by atoms with van der Waals surface area (Å²) in [5.41, 5.74) is 2.55. The molecule has 0 radical (unpaired) electrons. The van der Waals surface area contributed by atoms with Crippen LogP contribution in [0, 0.1) is 6.92 Å². The molecule has 1 fully saturated rings. The minimum Gasteiger partial charge on any atom is -0.337 e. The van der Waals surface area contributed by atoms with Crippen LogP contribution in [0.3, 0.4) is 0 Å². The van der Waals surface area contributed by atoms with E-state index >= 15 is 0 Å². The molecule has 24 heavy (non-hydrogen) atoms. The van der Waals surface area contributed by atoms with Crippen LogP contribution in [0.4, 0.5) is 0 Å². The maximum atomic E-state index is 12.7. The molecule has 0 aromatic carbocycles. The molecule has 8 heteroatoms. The number of hydrogen-bond donors (Lipinski definition) is 0. The summed E-state index contributed by atoms with van der Waals surface area (Å²) >= 11 is 1.42. The number of hydrogen-bond acceptors (Lipinski definition) is 6. The van der Waals surface area contributed by atoms with Crippen molar-refractivity contribution in [1.82, 2.24) is 29.5 Å². The minimum absolute atomic E-state index is 0.0929. The summed E-state index contributed by atoms with van der Waals surface area (Å²) < 4.78 is 2.08. The van der Waals surface area contributed by atoms with Crippen molar-refractivity contribution in [2.24, 2.45) is 7.05 Å². The molecule has 2 aromatic rings. The Kier molecular flexibility index (Phi) is 4.96. The van der Waals surface area contributed by atoms with Crippen LogP contribution in [-0.2, 0) is 13.6 Å². The first-order valence-corrected chi connectivity index (χ1v) is 9.07. The van der Waals surface area contributed by atoms with Gasteiger partial charge in [-0.25, -0.2) is 4.98 Å². The van der Waals surface area contributed by atoms with Crippen LogP contribution < -0.4 is 0 Å². The molecule has 0 bridgehead atoms. The Balaban J connectivity index is 1.75. The lowest BCUT2D eigenvalue weighted by Crippen LogP contribution is -2.39. The van der Waals surface area contributed by atoms with E-state index < -0.39 is 0 Å². The lowest BCUT2D eigenvalue weighted by atomic mass is 9.97. The third kappa shape index (κ3) is 3.34. The molecular weight excluding hydrogens is 324 g/mol. The normalized spacial score (nSPS) is 18.4. The largest absolute Gasteiger partial charge is 0.337 e. The first-order valence-electron chi connectivity index (χ1n) is 8.19. The number of piperidine rings is 1.